The lowest BCUT2D eigenvalue weighted by Crippen LogP contribution is -2.29. The number of esters is 1. The van der Waals surface area contributed by atoms with Gasteiger partial charge in [0.25, 0.3) is 0 Å². The van der Waals surface area contributed by atoms with E-state index < -0.39 is 17.7 Å². The van der Waals surface area contributed by atoms with Gasteiger partial charge in [0.15, 0.2) is 0 Å². The van der Waals surface area contributed by atoms with Gasteiger partial charge in [0, 0.05) is 11.7 Å². The molecule has 0 spiro atoms. The first kappa shape index (κ1) is 23.1. The summed E-state index contributed by atoms with van der Waals surface area (Å²) >= 11 is 0. The van der Waals surface area contributed by atoms with Crippen LogP contribution in [0.15, 0.2) is 42.5 Å². The Morgan fingerprint density at radius 3 is 2.45 bits per heavy atom. The van der Waals surface area contributed by atoms with Crippen LogP contribution < -0.4 is 5.32 Å². The molecule has 176 valence electrons. The number of fused-ring (bicyclic) bond motifs is 1. The number of rotatable bonds is 4. The van der Waals surface area contributed by atoms with Gasteiger partial charge in [0.2, 0.25) is 5.95 Å². The van der Waals surface area contributed by atoms with E-state index in [-0.39, 0.29) is 11.5 Å². The van der Waals surface area contributed by atoms with E-state index in [0.29, 0.717) is 28.6 Å². The first-order valence-corrected chi connectivity index (χ1v) is 11.0. The standard InChI is InChI=1S/C25H28F3N3O2/c1-15-11-19(14-24(2,3)13-15)31-21-10-5-16(22(32)33-4)12-20(21)30-23(31)29-18-8-6-17(7-9-18)25(26,27)28/h5-10,12,15,19H,11,13-14H2,1-4H3,(H,29,30)/t15-,19+/m1/s1. The number of carbonyl (C=O) groups excluding carboxylic acids is 1. The number of alkyl halides is 3. The molecular weight excluding hydrogens is 431 g/mol. The molecule has 8 heteroatoms. The highest BCUT2D eigenvalue weighted by Crippen LogP contribution is 2.46. The van der Waals surface area contributed by atoms with Gasteiger partial charge >= 0.3 is 12.1 Å². The summed E-state index contributed by atoms with van der Waals surface area (Å²) < 4.78 is 45.8. The fraction of sp³-hybridized carbons (Fsp3) is 0.440. The van der Waals surface area contributed by atoms with Crippen molar-refractivity contribution in [1.29, 1.82) is 0 Å². The van der Waals surface area contributed by atoms with Gasteiger partial charge in [-0.15, -0.1) is 0 Å². The summed E-state index contributed by atoms with van der Waals surface area (Å²) in [5, 5.41) is 3.21. The van der Waals surface area contributed by atoms with Gasteiger partial charge in [-0.2, -0.15) is 13.2 Å². The number of ether oxygens (including phenoxy) is 1. The Morgan fingerprint density at radius 1 is 1.15 bits per heavy atom. The van der Waals surface area contributed by atoms with Gasteiger partial charge in [-0.1, -0.05) is 20.8 Å². The molecule has 1 aliphatic rings. The number of benzene rings is 2. The second-order valence-electron chi connectivity index (χ2n) is 9.77. The van der Waals surface area contributed by atoms with Crippen LogP contribution in [-0.4, -0.2) is 22.6 Å². The topological polar surface area (TPSA) is 56.1 Å². The van der Waals surface area contributed by atoms with Gasteiger partial charge in [0.1, 0.15) is 0 Å². The molecule has 33 heavy (non-hydrogen) atoms. The fourth-order valence-electron chi connectivity index (χ4n) is 5.17. The van der Waals surface area contributed by atoms with Gasteiger partial charge < -0.3 is 14.6 Å². The Hall–Kier alpha value is -3.03. The second-order valence-corrected chi connectivity index (χ2v) is 9.77. The monoisotopic (exact) mass is 459 g/mol. The molecule has 1 heterocycles. The van der Waals surface area contributed by atoms with Gasteiger partial charge in [0.05, 0.1) is 29.3 Å². The van der Waals surface area contributed by atoms with E-state index in [4.69, 9.17) is 9.72 Å². The number of anilines is 2. The van der Waals surface area contributed by atoms with Gasteiger partial charge in [-0.05, 0) is 73.1 Å². The summed E-state index contributed by atoms with van der Waals surface area (Å²) in [5.74, 6) is 0.613. The summed E-state index contributed by atoms with van der Waals surface area (Å²) in [6.07, 6.45) is -1.34. The molecule has 2 aromatic carbocycles. The third kappa shape index (κ3) is 4.84. The molecule has 0 amide bonds. The van der Waals surface area contributed by atoms with Crippen LogP contribution in [0.1, 0.15) is 62.0 Å². The molecule has 3 aromatic rings. The molecule has 4 rings (SSSR count). The minimum absolute atomic E-state index is 0.149. The average Bonchev–Trinajstić information content (AvgIpc) is 3.08. The largest absolute Gasteiger partial charge is 0.465 e. The molecule has 0 radical (unpaired) electrons. The van der Waals surface area contributed by atoms with E-state index in [2.05, 4.69) is 30.7 Å². The predicted octanol–water partition coefficient (Wildman–Crippen LogP) is 6.97. The summed E-state index contributed by atoms with van der Waals surface area (Å²) in [6, 6.07) is 10.3. The molecule has 1 fully saturated rings. The number of nitrogens with zero attached hydrogens (tertiary/aromatic N) is 2. The van der Waals surface area contributed by atoms with E-state index in [9.17, 15) is 18.0 Å². The van der Waals surface area contributed by atoms with Crippen LogP contribution in [0.4, 0.5) is 24.8 Å². The van der Waals surface area contributed by atoms with Crippen LogP contribution in [0.5, 0.6) is 0 Å². The van der Waals surface area contributed by atoms with Crippen molar-refractivity contribution in [3.63, 3.8) is 0 Å². The summed E-state index contributed by atoms with van der Waals surface area (Å²) in [6.45, 7) is 6.76. The molecule has 1 N–H and O–H groups in total. The quantitative estimate of drug-likeness (QED) is 0.428. The highest BCUT2D eigenvalue weighted by Gasteiger charge is 2.35. The third-order valence-electron chi connectivity index (χ3n) is 6.31. The number of aromatic nitrogens is 2. The number of carbonyl (C=O) groups is 1. The van der Waals surface area contributed by atoms with E-state index >= 15 is 0 Å². The molecule has 0 unspecified atom stereocenters. The van der Waals surface area contributed by atoms with Gasteiger partial charge in [-0.3, -0.25) is 0 Å². The first-order chi connectivity index (χ1) is 15.5. The summed E-state index contributed by atoms with van der Waals surface area (Å²) in [5.41, 5.74) is 1.85. The van der Waals surface area contributed by atoms with E-state index in [1.54, 1.807) is 12.1 Å². The Morgan fingerprint density at radius 2 is 1.85 bits per heavy atom. The maximum absolute atomic E-state index is 13.0. The molecule has 0 saturated heterocycles. The van der Waals surface area contributed by atoms with E-state index in [0.717, 1.165) is 36.9 Å². The van der Waals surface area contributed by atoms with Crippen molar-refractivity contribution in [2.24, 2.45) is 11.3 Å². The number of imidazole rings is 1. The SMILES string of the molecule is COC(=O)c1ccc2c(c1)nc(Nc1ccc(C(F)(F)F)cc1)n2[C@H]1C[C@@H](C)CC(C)(C)C1. The first-order valence-electron chi connectivity index (χ1n) is 11.0. The second kappa shape index (κ2) is 8.39. The van der Waals surface area contributed by atoms with Crippen molar-refractivity contribution < 1.29 is 22.7 Å². The number of halogens is 3. The fourth-order valence-corrected chi connectivity index (χ4v) is 5.17. The van der Waals surface area contributed by atoms with Crippen molar-refractivity contribution in [1.82, 2.24) is 9.55 Å². The highest BCUT2D eigenvalue weighted by molar-refractivity contribution is 5.94. The minimum atomic E-state index is -4.39. The van der Waals surface area contributed by atoms with Crippen LogP contribution in [-0.2, 0) is 10.9 Å². The number of methoxy groups -OCH3 is 1. The molecule has 5 nitrogen and oxygen atoms in total. The van der Waals surface area contributed by atoms with Crippen molar-refractivity contribution in [2.45, 2.75) is 52.3 Å². The summed E-state index contributed by atoms with van der Waals surface area (Å²) in [4.78, 5) is 16.7. The maximum Gasteiger partial charge on any atom is 0.416 e. The molecule has 1 aromatic heterocycles. The average molecular weight is 460 g/mol. The lowest BCUT2D eigenvalue weighted by molar-refractivity contribution is -0.137. The highest BCUT2D eigenvalue weighted by atomic mass is 19.4. The van der Waals surface area contributed by atoms with Crippen molar-refractivity contribution in [2.75, 3.05) is 12.4 Å². The van der Waals surface area contributed by atoms with Crippen LogP contribution >= 0.6 is 0 Å². The van der Waals surface area contributed by atoms with Crippen LogP contribution in [0.3, 0.4) is 0 Å². The smallest absolute Gasteiger partial charge is 0.416 e. The number of nitrogens with one attached hydrogen (secondary N) is 1. The van der Waals surface area contributed by atoms with E-state index in [1.807, 2.05) is 6.07 Å². The molecule has 0 aliphatic heterocycles. The van der Waals surface area contributed by atoms with Crippen molar-refractivity contribution >= 4 is 28.6 Å². The normalized spacial score (nSPS) is 20.6. The Labute approximate surface area is 191 Å². The molecule has 1 saturated carbocycles. The van der Waals surface area contributed by atoms with Gasteiger partial charge in [-0.25, -0.2) is 9.78 Å². The lowest BCUT2D eigenvalue weighted by atomic mass is 9.70. The molecule has 2 atom stereocenters. The maximum atomic E-state index is 13.0. The number of hydrogen-bond acceptors (Lipinski definition) is 4. The Bertz CT molecular complexity index is 1170. The minimum Gasteiger partial charge on any atom is -0.465 e. The lowest BCUT2D eigenvalue weighted by Gasteiger charge is -2.40. The van der Waals surface area contributed by atoms with Crippen molar-refractivity contribution in [3.05, 3.63) is 53.6 Å². The third-order valence-corrected chi connectivity index (χ3v) is 6.31. The van der Waals surface area contributed by atoms with Crippen LogP contribution in [0.25, 0.3) is 11.0 Å². The van der Waals surface area contributed by atoms with Crippen LogP contribution in [0, 0.1) is 11.3 Å². The molecule has 0 bridgehead atoms. The zero-order valence-electron chi connectivity index (χ0n) is 19.2. The van der Waals surface area contributed by atoms with E-state index in [1.165, 1.54) is 19.2 Å². The zero-order valence-corrected chi connectivity index (χ0v) is 19.2. The predicted molar refractivity (Wildman–Crippen MR) is 122 cm³/mol. The summed E-state index contributed by atoms with van der Waals surface area (Å²) in [7, 11) is 1.33. The number of hydrogen-bond donors (Lipinski definition) is 1. The Kier molecular flexibility index (Phi) is 5.88. The molecule has 1 aliphatic carbocycles. The zero-order chi connectivity index (χ0) is 24.0. The molecular formula is C25H28F3N3O2. The van der Waals surface area contributed by atoms with Crippen LogP contribution in [0.2, 0.25) is 0 Å². The Balaban J connectivity index is 1.78. The van der Waals surface area contributed by atoms with Crippen molar-refractivity contribution in [3.8, 4) is 0 Å².